The average molecular weight is 605 g/mol. The number of halogens is 1. The molecule has 0 heterocycles. The number of carbonyl (C=O) groups is 1. The largest absolute Gasteiger partial charge is 0.543 e. The van der Waals surface area contributed by atoms with Gasteiger partial charge in [-0.1, -0.05) is 65.3 Å². The van der Waals surface area contributed by atoms with Crippen molar-refractivity contribution < 1.29 is 22.8 Å². The SMILES string of the molecule is COC(=O)C(=CCc1cc(O[Si](C)(C)C(C)(C)C)ccc1O[Si](C)(C)C(C)(C)C)CCC=C(C)CCC=C(C)CF. The van der Waals surface area contributed by atoms with E-state index < -0.39 is 23.3 Å². The lowest BCUT2D eigenvalue weighted by Gasteiger charge is -2.38. The molecule has 1 rings (SSSR count). The molecule has 1 aromatic rings. The van der Waals surface area contributed by atoms with Crippen LogP contribution in [0.2, 0.25) is 36.3 Å². The number of rotatable bonds is 14. The highest BCUT2D eigenvalue weighted by Crippen LogP contribution is 2.41. The lowest BCUT2D eigenvalue weighted by atomic mass is 10.0. The molecule has 1 aromatic carbocycles. The third kappa shape index (κ3) is 11.9. The molecule has 41 heavy (non-hydrogen) atoms. The number of alkyl halides is 1. The molecule has 232 valence electrons. The van der Waals surface area contributed by atoms with Crippen molar-refractivity contribution in [1.29, 1.82) is 0 Å². The molecule has 0 bridgehead atoms. The van der Waals surface area contributed by atoms with Gasteiger partial charge in [-0.2, -0.15) is 0 Å². The monoisotopic (exact) mass is 604 g/mol. The van der Waals surface area contributed by atoms with E-state index in [9.17, 15) is 9.18 Å². The first kappa shape index (κ1) is 36.9. The quantitative estimate of drug-likeness (QED) is 0.0917. The van der Waals surface area contributed by atoms with E-state index in [1.165, 1.54) is 12.7 Å². The van der Waals surface area contributed by atoms with E-state index in [0.717, 1.165) is 41.9 Å². The Kier molecular flexibility index (Phi) is 13.8. The molecular weight excluding hydrogens is 548 g/mol. The van der Waals surface area contributed by atoms with Gasteiger partial charge >= 0.3 is 5.97 Å². The molecule has 0 aliphatic rings. The van der Waals surface area contributed by atoms with Crippen LogP contribution in [0, 0.1) is 0 Å². The van der Waals surface area contributed by atoms with Crippen LogP contribution < -0.4 is 8.85 Å². The Balaban J connectivity index is 3.31. The summed E-state index contributed by atoms with van der Waals surface area (Å²) in [7, 11) is -2.69. The smallest absolute Gasteiger partial charge is 0.333 e. The van der Waals surface area contributed by atoms with Crippen molar-refractivity contribution in [3.8, 4) is 11.5 Å². The standard InChI is InChI=1S/C34H57FO4Si2/c1-26(16-14-18-27(2)25-35)17-15-19-28(32(36)37-9)20-21-29-24-30(38-40(10,11)33(3,4)5)22-23-31(29)39-41(12,13)34(6,7)8/h17-18,20,22-24H,14-16,19,21,25H2,1-13H3. The molecule has 0 fully saturated rings. The number of allylic oxidation sites excluding steroid dienone is 5. The van der Waals surface area contributed by atoms with Crippen LogP contribution in [-0.2, 0) is 16.0 Å². The Bertz CT molecular complexity index is 1100. The zero-order valence-electron chi connectivity index (χ0n) is 28.2. The van der Waals surface area contributed by atoms with E-state index in [0.29, 0.717) is 18.4 Å². The molecular formula is C34H57FO4Si2. The molecule has 0 amide bonds. The van der Waals surface area contributed by atoms with Crippen LogP contribution >= 0.6 is 0 Å². The lowest BCUT2D eigenvalue weighted by Crippen LogP contribution is -2.44. The van der Waals surface area contributed by atoms with Crippen molar-refractivity contribution in [3.63, 3.8) is 0 Å². The summed E-state index contributed by atoms with van der Waals surface area (Å²) in [5.41, 5.74) is 3.66. The molecule has 0 aromatic heterocycles. The van der Waals surface area contributed by atoms with Crippen molar-refractivity contribution in [2.75, 3.05) is 13.8 Å². The maximum absolute atomic E-state index is 12.7. The van der Waals surface area contributed by atoms with Crippen molar-refractivity contribution >= 4 is 22.6 Å². The highest BCUT2D eigenvalue weighted by Gasteiger charge is 2.40. The molecule has 0 N–H and O–H groups in total. The van der Waals surface area contributed by atoms with Gasteiger partial charge in [0.2, 0.25) is 16.6 Å². The van der Waals surface area contributed by atoms with Crippen LogP contribution in [0.15, 0.2) is 53.1 Å². The molecule has 0 aliphatic carbocycles. The third-order valence-electron chi connectivity index (χ3n) is 8.55. The minimum Gasteiger partial charge on any atom is -0.543 e. The van der Waals surface area contributed by atoms with Gasteiger partial charge in [0.05, 0.1) is 7.11 Å². The fourth-order valence-corrected chi connectivity index (χ4v) is 5.66. The Hall–Kier alpha value is -2.13. The first-order valence-corrected chi connectivity index (χ1v) is 20.7. The molecule has 4 nitrogen and oxygen atoms in total. The van der Waals surface area contributed by atoms with Crippen molar-refractivity contribution in [2.45, 2.75) is 124 Å². The summed E-state index contributed by atoms with van der Waals surface area (Å²) in [4.78, 5) is 12.7. The molecule has 0 atom stereocenters. The summed E-state index contributed by atoms with van der Waals surface area (Å²) in [5.74, 6) is 1.39. The van der Waals surface area contributed by atoms with E-state index in [2.05, 4.69) is 86.8 Å². The highest BCUT2D eigenvalue weighted by molar-refractivity contribution is 6.75. The van der Waals surface area contributed by atoms with E-state index in [1.54, 1.807) is 0 Å². The Labute approximate surface area is 252 Å². The van der Waals surface area contributed by atoms with Crippen LogP contribution in [0.5, 0.6) is 11.5 Å². The second kappa shape index (κ2) is 15.4. The summed E-state index contributed by atoms with van der Waals surface area (Å²) in [6.07, 6.45) is 9.65. The Morgan fingerprint density at radius 1 is 0.829 bits per heavy atom. The van der Waals surface area contributed by atoms with Crippen LogP contribution in [0.25, 0.3) is 0 Å². The van der Waals surface area contributed by atoms with Gasteiger partial charge in [0.25, 0.3) is 0 Å². The molecule has 0 saturated carbocycles. The summed E-state index contributed by atoms with van der Waals surface area (Å²) >= 11 is 0. The molecule has 7 heteroatoms. The van der Waals surface area contributed by atoms with Crippen molar-refractivity contribution in [2.24, 2.45) is 0 Å². The zero-order chi connectivity index (χ0) is 31.6. The first-order chi connectivity index (χ1) is 18.7. The van der Waals surface area contributed by atoms with E-state index in [1.807, 2.05) is 31.2 Å². The Morgan fingerprint density at radius 2 is 1.37 bits per heavy atom. The van der Waals surface area contributed by atoms with Gasteiger partial charge in [-0.25, -0.2) is 9.18 Å². The number of methoxy groups -OCH3 is 1. The summed E-state index contributed by atoms with van der Waals surface area (Å²) < 4.78 is 31.2. The van der Waals surface area contributed by atoms with Crippen LogP contribution in [-0.4, -0.2) is 36.4 Å². The van der Waals surface area contributed by atoms with E-state index in [4.69, 9.17) is 13.6 Å². The van der Waals surface area contributed by atoms with Gasteiger partial charge in [0.15, 0.2) is 0 Å². The van der Waals surface area contributed by atoms with Gasteiger partial charge in [-0.3, -0.25) is 0 Å². The highest BCUT2D eigenvalue weighted by atomic mass is 28.4. The number of ether oxygens (including phenoxy) is 1. The van der Waals surface area contributed by atoms with Crippen molar-refractivity contribution in [3.05, 3.63) is 58.7 Å². The fraction of sp³-hybridized carbons (Fsp3) is 0.618. The molecule has 0 aliphatic heterocycles. The third-order valence-corrected chi connectivity index (χ3v) is 17.2. The lowest BCUT2D eigenvalue weighted by molar-refractivity contribution is -0.136. The summed E-state index contributed by atoms with van der Waals surface area (Å²) in [6.45, 7) is 25.9. The summed E-state index contributed by atoms with van der Waals surface area (Å²) in [6, 6.07) is 6.15. The first-order valence-electron chi connectivity index (χ1n) is 14.9. The molecule has 0 unspecified atom stereocenters. The van der Waals surface area contributed by atoms with Crippen molar-refractivity contribution in [1.82, 2.24) is 0 Å². The minimum absolute atomic E-state index is 0.0537. The topological polar surface area (TPSA) is 44.8 Å². The van der Waals surface area contributed by atoms with Crippen LogP contribution in [0.3, 0.4) is 0 Å². The zero-order valence-corrected chi connectivity index (χ0v) is 30.2. The number of hydrogen-bond acceptors (Lipinski definition) is 4. The number of hydrogen-bond donors (Lipinski definition) is 0. The molecule has 0 radical (unpaired) electrons. The van der Waals surface area contributed by atoms with Gasteiger partial charge in [-0.15, -0.1) is 0 Å². The minimum atomic E-state index is -2.09. The average Bonchev–Trinajstić information content (AvgIpc) is 2.85. The normalized spacial score (nSPS) is 14.2. The molecule has 0 spiro atoms. The number of benzene rings is 1. The molecule has 0 saturated heterocycles. The van der Waals surface area contributed by atoms with E-state index >= 15 is 0 Å². The van der Waals surface area contributed by atoms with Gasteiger partial charge in [-0.05, 0) is 106 Å². The van der Waals surface area contributed by atoms with Gasteiger partial charge in [0, 0.05) is 11.1 Å². The van der Waals surface area contributed by atoms with E-state index in [-0.39, 0.29) is 16.0 Å². The van der Waals surface area contributed by atoms with Crippen LogP contribution in [0.1, 0.15) is 86.6 Å². The Morgan fingerprint density at radius 3 is 1.90 bits per heavy atom. The predicted molar refractivity (Wildman–Crippen MR) is 178 cm³/mol. The number of carbonyl (C=O) groups excluding carboxylic acids is 1. The maximum atomic E-state index is 12.7. The maximum Gasteiger partial charge on any atom is 0.333 e. The second-order valence-corrected chi connectivity index (χ2v) is 23.7. The number of esters is 1. The predicted octanol–water partition coefficient (Wildman–Crippen LogP) is 10.5. The van der Waals surface area contributed by atoms with Crippen LogP contribution in [0.4, 0.5) is 4.39 Å². The second-order valence-electron chi connectivity index (χ2n) is 14.2. The fourth-order valence-electron chi connectivity index (χ4n) is 3.58. The van der Waals surface area contributed by atoms with Gasteiger partial charge < -0.3 is 13.6 Å². The van der Waals surface area contributed by atoms with Gasteiger partial charge in [0.1, 0.15) is 18.2 Å². The summed E-state index contributed by atoms with van der Waals surface area (Å²) in [5, 5.41) is 0.133.